The topological polar surface area (TPSA) is 217 Å². The molecule has 0 bridgehead atoms. The summed E-state index contributed by atoms with van der Waals surface area (Å²) in [6.07, 6.45) is 18.4. The van der Waals surface area contributed by atoms with E-state index in [9.17, 15) is 48.4 Å². The summed E-state index contributed by atoms with van der Waals surface area (Å²) in [6, 6.07) is 0. The van der Waals surface area contributed by atoms with E-state index in [0.29, 0.717) is 99.0 Å². The van der Waals surface area contributed by atoms with Crippen molar-refractivity contribution in [1.82, 2.24) is 0 Å². The Balaban J connectivity index is 5.23. The van der Waals surface area contributed by atoms with Gasteiger partial charge in [0.05, 0.1) is 39.3 Å². The molecular formula is C48H81NO14P+. The summed E-state index contributed by atoms with van der Waals surface area (Å²) in [5.74, 6) is -2.42. The lowest BCUT2D eigenvalue weighted by molar-refractivity contribution is -0.870. The minimum atomic E-state index is -4.53. The highest BCUT2D eigenvalue weighted by Gasteiger charge is 2.27. The van der Waals surface area contributed by atoms with E-state index >= 15 is 0 Å². The molecule has 0 spiro atoms. The molecule has 64 heavy (non-hydrogen) atoms. The van der Waals surface area contributed by atoms with Crippen LogP contribution in [0.4, 0.5) is 0 Å². The van der Waals surface area contributed by atoms with Crippen LogP contribution in [0, 0.1) is 11.8 Å². The van der Waals surface area contributed by atoms with Crippen LogP contribution in [-0.4, -0.2) is 109 Å². The summed E-state index contributed by atoms with van der Waals surface area (Å²) in [7, 11) is 1.13. The third kappa shape index (κ3) is 32.0. The highest BCUT2D eigenvalue weighted by molar-refractivity contribution is 7.47. The molecule has 3 unspecified atom stereocenters. The van der Waals surface area contributed by atoms with Crippen LogP contribution in [0.25, 0.3) is 0 Å². The maximum absolute atomic E-state index is 12.8. The van der Waals surface area contributed by atoms with Crippen LogP contribution in [-0.2, 0) is 51.9 Å². The molecule has 4 atom stereocenters. The smallest absolute Gasteiger partial charge is 0.472 e. The largest absolute Gasteiger partial charge is 0.513 e. The molecule has 0 radical (unpaired) electrons. The maximum Gasteiger partial charge on any atom is 0.472 e. The van der Waals surface area contributed by atoms with Crippen molar-refractivity contribution in [3.05, 3.63) is 47.0 Å². The number of quaternary nitrogens is 1. The lowest BCUT2D eigenvalue weighted by Gasteiger charge is -2.24. The second-order valence-corrected chi connectivity index (χ2v) is 18.8. The summed E-state index contributed by atoms with van der Waals surface area (Å²) in [5.41, 5.74) is 0.711. The molecule has 0 saturated carbocycles. The first-order valence-corrected chi connectivity index (χ1v) is 24.6. The predicted octanol–water partition coefficient (Wildman–Crippen LogP) is 9.67. The number of aliphatic hydroxyl groups is 2. The van der Waals surface area contributed by atoms with Crippen LogP contribution in [0.1, 0.15) is 156 Å². The Hall–Kier alpha value is -3.75. The predicted molar refractivity (Wildman–Crippen MR) is 247 cm³/mol. The van der Waals surface area contributed by atoms with Gasteiger partial charge in [-0.05, 0) is 101 Å². The van der Waals surface area contributed by atoms with Crippen LogP contribution in [0.2, 0.25) is 0 Å². The molecule has 0 aromatic carbocycles. The maximum atomic E-state index is 12.8. The normalized spacial score (nSPS) is 15.2. The molecule has 15 nitrogen and oxygen atoms in total. The van der Waals surface area contributed by atoms with Gasteiger partial charge in [0.25, 0.3) is 0 Å². The first kappa shape index (κ1) is 60.2. The number of unbranched alkanes of at least 4 members (excludes halogenated alkanes) is 10. The van der Waals surface area contributed by atoms with Gasteiger partial charge in [-0.1, -0.05) is 64.5 Å². The fraction of sp³-hybridized carbons (Fsp3) is 0.708. The van der Waals surface area contributed by atoms with E-state index in [-0.39, 0.29) is 55.4 Å². The molecule has 0 amide bonds. The number of phosphoric ester groups is 1. The Kier molecular flexibility index (Phi) is 33.4. The number of esters is 2. The lowest BCUT2D eigenvalue weighted by atomic mass is 9.91. The van der Waals surface area contributed by atoms with Crippen molar-refractivity contribution in [2.24, 2.45) is 11.8 Å². The average Bonchev–Trinajstić information content (AvgIpc) is 3.22. The Morgan fingerprint density at radius 1 is 0.609 bits per heavy atom. The number of phosphoric acid groups is 1. The number of carbonyl (C=O) groups excluding carboxylic acids is 6. The first-order chi connectivity index (χ1) is 30.3. The Bertz CT molecular complexity index is 1580. The van der Waals surface area contributed by atoms with Crippen LogP contribution >= 0.6 is 7.82 Å². The van der Waals surface area contributed by atoms with Gasteiger partial charge in [0.2, 0.25) is 0 Å². The number of carbonyl (C=O) groups is 6. The van der Waals surface area contributed by atoms with Crippen molar-refractivity contribution in [1.29, 1.82) is 0 Å². The molecule has 0 aliphatic heterocycles. The van der Waals surface area contributed by atoms with Crippen LogP contribution in [0.5, 0.6) is 0 Å². The fourth-order valence-corrected chi connectivity index (χ4v) is 7.17. The second-order valence-electron chi connectivity index (χ2n) is 17.4. The first-order valence-electron chi connectivity index (χ1n) is 23.1. The second kappa shape index (κ2) is 35.5. The number of aliphatic hydroxyl groups excluding tert-OH is 2. The Morgan fingerprint density at radius 2 is 1.06 bits per heavy atom. The van der Waals surface area contributed by atoms with E-state index in [4.69, 9.17) is 18.5 Å². The van der Waals surface area contributed by atoms with Crippen molar-refractivity contribution in [3.8, 4) is 0 Å². The van der Waals surface area contributed by atoms with Gasteiger partial charge in [0, 0.05) is 37.5 Å². The molecule has 3 N–H and O–H groups in total. The monoisotopic (exact) mass is 927 g/mol. The fourth-order valence-electron chi connectivity index (χ4n) is 6.42. The number of ether oxygens (including phenoxy) is 2. The minimum Gasteiger partial charge on any atom is -0.513 e. The highest BCUT2D eigenvalue weighted by atomic mass is 31.2. The number of hydrogen-bond donors (Lipinski definition) is 3. The SMILES string of the molecule is CCCCC/C(O)=C/CC(C(C)=O)/C(C=O)=C\CCCCCC(=O)OC[C@H](COP(=O)(O)OCC[N+](C)(C)C)OC(=O)CCCCC/C=C(/C=O)C(C/C=C(\O)CCCCC)C(C)=O. The number of ketones is 2. The molecule has 16 heteroatoms. The number of hydrogen-bond acceptors (Lipinski definition) is 13. The van der Waals surface area contributed by atoms with Gasteiger partial charge in [-0.15, -0.1) is 0 Å². The molecule has 0 rings (SSSR count). The molecule has 0 heterocycles. The molecular weight excluding hydrogens is 845 g/mol. The molecule has 0 aromatic rings. The number of nitrogens with zero attached hydrogens (tertiary/aromatic N) is 1. The lowest BCUT2D eigenvalue weighted by Crippen LogP contribution is -2.37. The van der Waals surface area contributed by atoms with Gasteiger partial charge in [0.1, 0.15) is 43.9 Å². The zero-order valence-electron chi connectivity index (χ0n) is 39.9. The third-order valence-corrected chi connectivity index (χ3v) is 11.4. The number of aldehydes is 2. The third-order valence-electron chi connectivity index (χ3n) is 10.4. The molecule has 0 fully saturated rings. The number of likely N-dealkylation sites (N-methyl/N-ethyl adjacent to an activating group) is 1. The van der Waals surface area contributed by atoms with E-state index in [2.05, 4.69) is 13.8 Å². The van der Waals surface area contributed by atoms with Gasteiger partial charge in [-0.3, -0.25) is 37.8 Å². The number of Topliss-reactive ketones (excluding diaryl/α,β-unsaturated/α-hetero) is 2. The van der Waals surface area contributed by atoms with E-state index in [0.717, 1.165) is 38.5 Å². The summed E-state index contributed by atoms with van der Waals surface area (Å²) in [4.78, 5) is 84.0. The molecule has 0 aliphatic rings. The van der Waals surface area contributed by atoms with Gasteiger partial charge >= 0.3 is 19.8 Å². The van der Waals surface area contributed by atoms with E-state index in [1.54, 1.807) is 24.3 Å². The van der Waals surface area contributed by atoms with Crippen LogP contribution in [0.3, 0.4) is 0 Å². The zero-order valence-corrected chi connectivity index (χ0v) is 40.8. The summed E-state index contributed by atoms with van der Waals surface area (Å²) >= 11 is 0. The molecule has 366 valence electrons. The number of rotatable bonds is 40. The van der Waals surface area contributed by atoms with Gasteiger partial charge < -0.3 is 29.1 Å². The van der Waals surface area contributed by atoms with Gasteiger partial charge in [-0.2, -0.15) is 0 Å². The molecule has 0 aromatic heterocycles. The standard InChI is InChI=1S/C48H80NO14P/c1-8-10-16-24-42(54)28-30-45(38(3)52)40(34-50)22-18-12-14-20-26-47(56)60-36-44(37-62-64(58,59)61-33-32-49(5,6)7)63-48(57)27-21-15-13-19-23-41(35-51)46(39(4)53)31-29-43(55)25-17-11-9-2/h22-23,28-29,34-35,44-46H,8-21,24-27,30-33,36-37H2,1-7H3,(H2-,54,55,58,59)/p+1/b40-22-,41-23-,42-28-,43-29-/t44-,45?,46?/m1/s1. The van der Waals surface area contributed by atoms with Gasteiger partial charge in [0.15, 0.2) is 6.10 Å². The van der Waals surface area contributed by atoms with Crippen molar-refractivity contribution in [3.63, 3.8) is 0 Å². The van der Waals surface area contributed by atoms with E-state index in [1.165, 1.54) is 13.8 Å². The minimum absolute atomic E-state index is 0.00466. The van der Waals surface area contributed by atoms with Gasteiger partial charge in [-0.25, -0.2) is 4.57 Å². The Labute approximate surface area is 382 Å². The summed E-state index contributed by atoms with van der Waals surface area (Å²) in [6.45, 7) is 6.33. The molecule has 0 saturated heterocycles. The van der Waals surface area contributed by atoms with Crippen molar-refractivity contribution >= 4 is 43.9 Å². The summed E-state index contributed by atoms with van der Waals surface area (Å²) < 4.78 is 34.1. The van der Waals surface area contributed by atoms with Crippen molar-refractivity contribution < 1.29 is 71.4 Å². The van der Waals surface area contributed by atoms with Crippen LogP contribution < -0.4 is 0 Å². The zero-order chi connectivity index (χ0) is 48.4. The Morgan fingerprint density at radius 3 is 1.48 bits per heavy atom. The van der Waals surface area contributed by atoms with Crippen molar-refractivity contribution in [2.45, 2.75) is 162 Å². The highest BCUT2D eigenvalue weighted by Crippen LogP contribution is 2.43. The van der Waals surface area contributed by atoms with E-state index in [1.807, 2.05) is 21.1 Å². The quantitative estimate of drug-likeness (QED) is 0.00992. The van der Waals surface area contributed by atoms with Crippen molar-refractivity contribution in [2.75, 3.05) is 47.5 Å². The van der Waals surface area contributed by atoms with Crippen LogP contribution in [0.15, 0.2) is 47.0 Å². The summed E-state index contributed by atoms with van der Waals surface area (Å²) in [5, 5.41) is 20.3. The number of allylic oxidation sites excluding steroid dienone is 8. The molecule has 0 aliphatic carbocycles. The average molecular weight is 927 g/mol. The van der Waals surface area contributed by atoms with E-state index < -0.39 is 50.9 Å².